The molecular weight excluding hydrogens is 540 g/mol. The molecule has 0 spiro atoms. The number of rotatable bonds is 4. The van der Waals surface area contributed by atoms with Gasteiger partial charge in [0.2, 0.25) is 0 Å². The highest BCUT2D eigenvalue weighted by Crippen LogP contribution is 2.41. The third-order valence-electron chi connectivity index (χ3n) is 8.78. The van der Waals surface area contributed by atoms with Crippen LogP contribution in [0.3, 0.4) is 0 Å². The number of fused-ring (bicyclic) bond motifs is 7. The number of aliphatic imine (C=N–C) groups is 2. The molecule has 5 nitrogen and oxygen atoms in total. The number of para-hydroxylation sites is 2. The van der Waals surface area contributed by atoms with Crippen LogP contribution in [0.5, 0.6) is 0 Å². The van der Waals surface area contributed by atoms with Gasteiger partial charge in [-0.05, 0) is 54.3 Å². The summed E-state index contributed by atoms with van der Waals surface area (Å²) in [6.45, 7) is 0. The third kappa shape index (κ3) is 3.93. The maximum atomic E-state index is 6.48. The average molecular weight is 569 g/mol. The van der Waals surface area contributed by atoms with Gasteiger partial charge in [-0.25, -0.2) is 9.98 Å². The van der Waals surface area contributed by atoms with E-state index in [0.717, 1.165) is 68.5 Å². The lowest BCUT2D eigenvalue weighted by Crippen LogP contribution is -2.36. The monoisotopic (exact) mass is 568 g/mol. The van der Waals surface area contributed by atoms with Crippen molar-refractivity contribution in [3.8, 4) is 0 Å². The highest BCUT2D eigenvalue weighted by atomic mass is 16.3. The van der Waals surface area contributed by atoms with Gasteiger partial charge in [-0.3, -0.25) is 0 Å². The quantitative estimate of drug-likeness (QED) is 0.230. The zero-order valence-corrected chi connectivity index (χ0v) is 23.9. The second kappa shape index (κ2) is 9.96. The van der Waals surface area contributed by atoms with E-state index in [2.05, 4.69) is 101 Å². The van der Waals surface area contributed by atoms with E-state index in [4.69, 9.17) is 14.4 Å². The molecule has 1 atom stereocenters. The number of furan rings is 1. The average Bonchev–Trinajstić information content (AvgIpc) is 3.65. The largest absolute Gasteiger partial charge is 0.455 e. The molecule has 0 amide bonds. The van der Waals surface area contributed by atoms with Crippen molar-refractivity contribution < 1.29 is 4.42 Å². The molecule has 2 aromatic heterocycles. The first kappa shape index (κ1) is 24.9. The minimum Gasteiger partial charge on any atom is -0.455 e. The van der Waals surface area contributed by atoms with Crippen molar-refractivity contribution in [2.45, 2.75) is 19.0 Å². The van der Waals surface area contributed by atoms with Gasteiger partial charge >= 0.3 is 0 Å². The molecule has 1 aliphatic heterocycles. The predicted molar refractivity (Wildman–Crippen MR) is 181 cm³/mol. The van der Waals surface area contributed by atoms with Crippen LogP contribution in [0.2, 0.25) is 0 Å². The molecule has 1 unspecified atom stereocenters. The highest BCUT2D eigenvalue weighted by molar-refractivity contribution is 6.24. The maximum absolute atomic E-state index is 6.48. The van der Waals surface area contributed by atoms with E-state index in [1.807, 2.05) is 42.5 Å². The van der Waals surface area contributed by atoms with E-state index in [0.29, 0.717) is 0 Å². The Balaban J connectivity index is 1.16. The zero-order chi connectivity index (χ0) is 29.0. The Morgan fingerprint density at radius 1 is 0.614 bits per heavy atom. The molecule has 0 fully saturated rings. The van der Waals surface area contributed by atoms with Gasteiger partial charge in [0.25, 0.3) is 0 Å². The number of hydrogen-bond donors (Lipinski definition) is 1. The Kier molecular flexibility index (Phi) is 5.63. The Hall–Kier alpha value is -5.68. The van der Waals surface area contributed by atoms with Crippen LogP contribution in [0.1, 0.15) is 30.1 Å². The van der Waals surface area contributed by atoms with Gasteiger partial charge in [0.1, 0.15) is 22.8 Å². The fourth-order valence-electron chi connectivity index (χ4n) is 6.68. The van der Waals surface area contributed by atoms with Crippen molar-refractivity contribution in [3.05, 3.63) is 150 Å². The van der Waals surface area contributed by atoms with Crippen LogP contribution in [0, 0.1) is 0 Å². The number of nitrogens with one attached hydrogen (secondary N) is 1. The summed E-state index contributed by atoms with van der Waals surface area (Å²) in [6, 6.07) is 42.0. The Bertz CT molecular complexity index is 2350. The summed E-state index contributed by atoms with van der Waals surface area (Å²) in [5, 5.41) is 8.24. The molecule has 0 bridgehead atoms. The van der Waals surface area contributed by atoms with E-state index in [1.165, 1.54) is 22.2 Å². The smallest absolute Gasteiger partial charge is 0.169 e. The first-order valence-electron chi connectivity index (χ1n) is 15.1. The Morgan fingerprint density at radius 2 is 1.34 bits per heavy atom. The molecule has 0 radical (unpaired) electrons. The lowest BCUT2D eigenvalue weighted by Gasteiger charge is -2.25. The minimum absolute atomic E-state index is 0.294. The molecule has 7 aromatic rings. The standard InChI is InChI=1S/C39H28N4O/c1-3-11-25(12-4-1)37-40-38(26-13-5-2-6-14-26)42-39(41-37)27-19-21-28(22-20-27)43-32-17-9-7-16-31(32)35-33(43)24-23-30-29-15-8-10-18-34(29)44-36(30)35/h1-19,21,23-24,37H,20,22H2,(H,40,41,42). The van der Waals surface area contributed by atoms with Crippen LogP contribution in [0.15, 0.2) is 153 Å². The SMILES string of the molecule is C1=C(C2=NC(c3ccccc3)N=C(c3ccccc3)N2)CCC(n2c3ccccc3c3c4oc5ccccc5c4ccc32)=C1. The van der Waals surface area contributed by atoms with Crippen LogP contribution < -0.4 is 5.32 Å². The van der Waals surface area contributed by atoms with E-state index >= 15 is 0 Å². The van der Waals surface area contributed by atoms with Gasteiger partial charge in [0.15, 0.2) is 6.17 Å². The number of hydrogen-bond acceptors (Lipinski definition) is 4. The van der Waals surface area contributed by atoms with Crippen LogP contribution >= 0.6 is 0 Å². The third-order valence-corrected chi connectivity index (χ3v) is 8.78. The lowest BCUT2D eigenvalue weighted by molar-refractivity contribution is 0.673. The number of aromatic nitrogens is 1. The molecule has 2 aliphatic rings. The van der Waals surface area contributed by atoms with Crippen molar-refractivity contribution in [3.63, 3.8) is 0 Å². The second-order valence-electron chi connectivity index (χ2n) is 11.4. The fraction of sp³-hybridized carbons (Fsp3) is 0.0769. The molecular formula is C39H28N4O. The van der Waals surface area contributed by atoms with Crippen LogP contribution in [0.4, 0.5) is 0 Å². The Labute approximate surface area is 254 Å². The summed E-state index contributed by atoms with van der Waals surface area (Å²) in [4.78, 5) is 10.1. The topological polar surface area (TPSA) is 54.8 Å². The van der Waals surface area contributed by atoms with Gasteiger partial charge in [0, 0.05) is 27.4 Å². The minimum atomic E-state index is -0.294. The van der Waals surface area contributed by atoms with Gasteiger partial charge in [-0.1, -0.05) is 103 Å². The molecule has 0 saturated heterocycles. The summed E-state index contributed by atoms with van der Waals surface area (Å²) in [5.74, 6) is 1.73. The summed E-state index contributed by atoms with van der Waals surface area (Å²) in [7, 11) is 0. The van der Waals surface area contributed by atoms with Crippen molar-refractivity contribution in [1.82, 2.24) is 9.88 Å². The fourth-order valence-corrected chi connectivity index (χ4v) is 6.68. The summed E-state index contributed by atoms with van der Waals surface area (Å²) in [6.07, 6.45) is 5.93. The molecule has 210 valence electrons. The number of allylic oxidation sites excluding steroid dienone is 3. The van der Waals surface area contributed by atoms with Gasteiger partial charge in [-0.2, -0.15) is 0 Å². The molecule has 9 rings (SSSR count). The van der Waals surface area contributed by atoms with Crippen LogP contribution in [-0.4, -0.2) is 16.2 Å². The van der Waals surface area contributed by atoms with Crippen molar-refractivity contribution in [1.29, 1.82) is 0 Å². The number of amidine groups is 2. The summed E-state index contributed by atoms with van der Waals surface area (Å²) < 4.78 is 8.89. The van der Waals surface area contributed by atoms with Crippen LogP contribution in [0.25, 0.3) is 49.4 Å². The first-order chi connectivity index (χ1) is 21.8. The Morgan fingerprint density at radius 3 is 2.16 bits per heavy atom. The maximum Gasteiger partial charge on any atom is 0.169 e. The van der Waals surface area contributed by atoms with E-state index in [9.17, 15) is 0 Å². The molecule has 5 aromatic carbocycles. The molecule has 1 aliphatic carbocycles. The normalized spacial score (nSPS) is 17.0. The van der Waals surface area contributed by atoms with E-state index in [1.54, 1.807) is 0 Å². The predicted octanol–water partition coefficient (Wildman–Crippen LogP) is 9.40. The molecule has 0 saturated carbocycles. The van der Waals surface area contributed by atoms with Gasteiger partial charge in [-0.15, -0.1) is 0 Å². The molecule has 3 heterocycles. The zero-order valence-electron chi connectivity index (χ0n) is 23.9. The van der Waals surface area contributed by atoms with E-state index in [-0.39, 0.29) is 6.17 Å². The highest BCUT2D eigenvalue weighted by Gasteiger charge is 2.24. The van der Waals surface area contributed by atoms with Crippen molar-refractivity contribution in [2.24, 2.45) is 9.98 Å². The molecule has 1 N–H and O–H groups in total. The number of nitrogens with zero attached hydrogens (tertiary/aromatic N) is 3. The van der Waals surface area contributed by atoms with Crippen LogP contribution in [-0.2, 0) is 0 Å². The second-order valence-corrected chi connectivity index (χ2v) is 11.4. The number of benzene rings is 5. The summed E-state index contributed by atoms with van der Waals surface area (Å²) in [5.41, 5.74) is 8.79. The first-order valence-corrected chi connectivity index (χ1v) is 15.1. The van der Waals surface area contributed by atoms with Gasteiger partial charge in [0.05, 0.1) is 16.4 Å². The van der Waals surface area contributed by atoms with E-state index < -0.39 is 0 Å². The van der Waals surface area contributed by atoms with Crippen molar-refractivity contribution >= 4 is 61.1 Å². The molecule has 44 heavy (non-hydrogen) atoms. The lowest BCUT2D eigenvalue weighted by atomic mass is 10.00. The van der Waals surface area contributed by atoms with Crippen molar-refractivity contribution in [2.75, 3.05) is 0 Å². The van der Waals surface area contributed by atoms with Gasteiger partial charge < -0.3 is 14.3 Å². The molecule has 5 heteroatoms. The summed E-state index contributed by atoms with van der Waals surface area (Å²) >= 11 is 0.